The van der Waals surface area contributed by atoms with Gasteiger partial charge in [-0.3, -0.25) is 4.79 Å². The smallest absolute Gasteiger partial charge is 0.309 e. The van der Waals surface area contributed by atoms with Gasteiger partial charge in [-0.1, -0.05) is 29.4 Å². The van der Waals surface area contributed by atoms with Gasteiger partial charge in [0.05, 0.1) is 39.7 Å². The molecule has 0 bridgehead atoms. The van der Waals surface area contributed by atoms with Gasteiger partial charge in [0.2, 0.25) is 0 Å². The molecular weight excluding hydrogens is 819 g/mol. The topological polar surface area (TPSA) is 26.3 Å². The van der Waals surface area contributed by atoms with Crippen LogP contribution in [-0.4, -0.2) is 50.0 Å². The van der Waals surface area contributed by atoms with Crippen LogP contribution in [0.2, 0.25) is 0 Å². The largest absolute Gasteiger partial charge is 0.465 e. The molecule has 0 saturated carbocycles. The van der Waals surface area contributed by atoms with Crippen LogP contribution in [0.4, 0.5) is 0 Å². The van der Waals surface area contributed by atoms with E-state index in [2.05, 4.69) is 39.7 Å². The number of esters is 1. The van der Waals surface area contributed by atoms with Crippen molar-refractivity contribution in [2.75, 3.05) is 33.5 Å². The Morgan fingerprint density at radius 1 is 0.706 bits per heavy atom. The molecule has 23 heteroatoms. The summed E-state index contributed by atoms with van der Waals surface area (Å²) >= 11 is 4.07. The molecule has 0 fully saturated rings. The van der Waals surface area contributed by atoms with E-state index < -0.39 is 0 Å². The number of hydrogen-bond acceptors (Lipinski definition) is 22. The lowest BCUT2D eigenvalue weighted by Crippen LogP contribution is -2.43. The van der Waals surface area contributed by atoms with Gasteiger partial charge in [-0.2, -0.15) is 0 Å². The summed E-state index contributed by atoms with van der Waals surface area (Å²) in [5.74, 6) is 0.615. The number of quaternary nitrogens is 1. The zero-order valence-electron chi connectivity index (χ0n) is 18.2. The average Bonchev–Trinajstić information content (AvgIpc) is 2.79. The zero-order chi connectivity index (χ0) is 25.5. The molecule has 0 aromatic carbocycles. The van der Waals surface area contributed by atoms with Crippen molar-refractivity contribution < 1.29 is 14.0 Å². The van der Waals surface area contributed by atoms with Crippen molar-refractivity contribution in [2.45, 2.75) is 26.3 Å². The third-order valence-electron chi connectivity index (χ3n) is 3.35. The van der Waals surface area contributed by atoms with Crippen molar-refractivity contribution in [2.24, 2.45) is 5.92 Å². The first kappa shape index (κ1) is 40.4. The molecule has 0 heterocycles. The van der Waals surface area contributed by atoms with Gasteiger partial charge in [-0.15, -0.1) is 0 Å². The van der Waals surface area contributed by atoms with E-state index >= 15 is 0 Å². The number of rotatable bonds is 25. The van der Waals surface area contributed by atoms with Gasteiger partial charge in [0, 0.05) is 31.8 Å². The molecule has 3 nitrogen and oxygen atoms in total. The van der Waals surface area contributed by atoms with Gasteiger partial charge >= 0.3 is 5.97 Å². The van der Waals surface area contributed by atoms with Gasteiger partial charge in [-0.25, -0.2) is 0 Å². The van der Waals surface area contributed by atoms with Crippen molar-refractivity contribution >= 4 is 205 Å². The highest BCUT2D eigenvalue weighted by Gasteiger charge is 2.20. The molecule has 0 amide bonds. The molecule has 204 valence electrons. The van der Waals surface area contributed by atoms with Crippen molar-refractivity contribution in [3.05, 3.63) is 0 Å². The van der Waals surface area contributed by atoms with Crippen LogP contribution >= 0.6 is 199 Å². The van der Waals surface area contributed by atoms with Crippen molar-refractivity contribution in [1.82, 2.24) is 0 Å². The zero-order valence-corrected chi connectivity index (χ0v) is 34.7. The van der Waals surface area contributed by atoms with Crippen LogP contribution in [0.5, 0.6) is 0 Å². The highest BCUT2D eigenvalue weighted by molar-refractivity contribution is 9.58. The maximum atomic E-state index is 12.1. The van der Waals surface area contributed by atoms with Crippen molar-refractivity contribution in [3.8, 4) is 0 Å². The molecule has 0 aromatic heterocycles. The maximum absolute atomic E-state index is 12.1. The molecule has 0 aliphatic carbocycles. The lowest BCUT2D eigenvalue weighted by molar-refractivity contribution is -0.894. The summed E-state index contributed by atoms with van der Waals surface area (Å²) in [5, 5.41) is 0. The van der Waals surface area contributed by atoms with Gasteiger partial charge in [0.25, 0.3) is 0 Å². The first-order chi connectivity index (χ1) is 16.3. The Morgan fingerprint density at radius 3 is 1.47 bits per heavy atom. The van der Waals surface area contributed by atoms with Crippen LogP contribution in [0, 0.1) is 5.92 Å². The van der Waals surface area contributed by atoms with E-state index in [4.69, 9.17) is 4.74 Å². The number of carbonyl (C=O) groups is 1. The molecule has 0 rings (SSSR count). The van der Waals surface area contributed by atoms with E-state index in [1.54, 1.807) is 178 Å². The molecule has 0 saturated heterocycles. The first-order valence-corrected chi connectivity index (χ1v) is 34.6. The van der Waals surface area contributed by atoms with Gasteiger partial charge in [-0.05, 0) is 164 Å². The van der Waals surface area contributed by atoms with Crippen LogP contribution in [0.25, 0.3) is 0 Å². The van der Waals surface area contributed by atoms with Gasteiger partial charge in [0.15, 0.2) is 0 Å². The summed E-state index contributed by atoms with van der Waals surface area (Å²) in [6.45, 7) is 4.64. The van der Waals surface area contributed by atoms with Crippen molar-refractivity contribution in [1.29, 1.82) is 0 Å². The van der Waals surface area contributed by atoms with Crippen LogP contribution in [0.3, 0.4) is 0 Å². The summed E-state index contributed by atoms with van der Waals surface area (Å²) in [4.78, 5) is 12.1. The number of carbonyl (C=O) groups excluding carboxylic acids is 1. The van der Waals surface area contributed by atoms with Crippen LogP contribution in [0.1, 0.15) is 20.3 Å². The minimum Gasteiger partial charge on any atom is -0.465 e. The molecular formula is C11H24NO2S20+. The second kappa shape index (κ2) is 29.5. The van der Waals surface area contributed by atoms with E-state index in [0.29, 0.717) is 12.6 Å². The molecule has 0 radical (unpaired) electrons. The standard InChI is InChI=1S/C11H23NO2S20/c1-9(11(13)14-7-6-10(2)12(3,4)5)8-16-18-20-22-24-26-28-30-32-34-33-31-29-27-25-23-21-19-17-15/h9-10H,6-8H2,1-5H3/p+1. The Kier molecular flexibility index (Phi) is 35.1. The molecule has 0 aliphatic rings. The predicted molar refractivity (Wildman–Crippen MR) is 210 cm³/mol. The summed E-state index contributed by atoms with van der Waals surface area (Å²) < 4.78 is 6.33. The lowest BCUT2D eigenvalue weighted by Gasteiger charge is -2.31. The summed E-state index contributed by atoms with van der Waals surface area (Å²) in [5.41, 5.74) is 0. The second-order valence-electron chi connectivity index (χ2n) is 6.34. The fourth-order valence-electron chi connectivity index (χ4n) is 1.26. The minimum atomic E-state index is -0.0858. The Morgan fingerprint density at radius 2 is 1.09 bits per heavy atom. The summed E-state index contributed by atoms with van der Waals surface area (Å²) in [6.07, 6.45) is 0.892. The average molecular weight is 844 g/mol. The highest BCUT2D eigenvalue weighted by Crippen LogP contribution is 2.64. The van der Waals surface area contributed by atoms with E-state index in [0.717, 1.165) is 16.7 Å². The quantitative estimate of drug-likeness (QED) is 0.0310. The Bertz CT molecular complexity index is 472. The van der Waals surface area contributed by atoms with Crippen molar-refractivity contribution in [3.63, 3.8) is 0 Å². The molecule has 2 atom stereocenters. The number of nitrogens with zero attached hydrogens (tertiary/aromatic N) is 1. The Hall–Kier alpha value is 6.43. The van der Waals surface area contributed by atoms with Gasteiger partial charge in [0.1, 0.15) is 0 Å². The third-order valence-corrected chi connectivity index (χ3v) is 43.6. The predicted octanol–water partition coefficient (Wildman–Crippen LogP) is 13.9. The van der Waals surface area contributed by atoms with E-state index in [-0.39, 0.29) is 11.9 Å². The van der Waals surface area contributed by atoms with E-state index in [1.807, 2.05) is 6.92 Å². The Labute approximate surface area is 280 Å². The van der Waals surface area contributed by atoms with Crippen LogP contribution in [0.15, 0.2) is 0 Å². The minimum absolute atomic E-state index is 0.0722. The number of hydrogen-bond donors (Lipinski definition) is 1. The molecule has 0 aliphatic heterocycles. The molecule has 0 N–H and O–H groups in total. The molecule has 0 aromatic rings. The molecule has 2 unspecified atom stereocenters. The van der Waals surface area contributed by atoms with Crippen LogP contribution in [-0.2, 0) is 9.53 Å². The normalized spacial score (nSPS) is 13.7. The molecule has 0 spiro atoms. The van der Waals surface area contributed by atoms with Crippen LogP contribution < -0.4 is 0 Å². The maximum Gasteiger partial charge on any atom is 0.309 e. The van der Waals surface area contributed by atoms with E-state index in [1.165, 1.54) is 9.83 Å². The fourth-order valence-corrected chi connectivity index (χ4v) is 48.7. The summed E-state index contributed by atoms with van der Waals surface area (Å²) in [7, 11) is 39.8. The fraction of sp³-hybridized carbons (Fsp3) is 0.909. The SMILES string of the molecule is CC(CSSSSSSSSSSSSSSSSSSSS)C(=O)OCCC(C)[N+](C)(C)C. The lowest BCUT2D eigenvalue weighted by atomic mass is 10.2. The third kappa shape index (κ3) is 28.5. The monoisotopic (exact) mass is 842 g/mol. The molecule has 34 heavy (non-hydrogen) atoms. The second-order valence-corrected chi connectivity index (χ2v) is 39.6. The van der Waals surface area contributed by atoms with E-state index in [9.17, 15) is 4.79 Å². The Balaban J connectivity index is 3.33. The first-order valence-electron chi connectivity index (χ1n) is 8.53. The summed E-state index contributed by atoms with van der Waals surface area (Å²) in [6, 6.07) is 0.469. The van der Waals surface area contributed by atoms with Gasteiger partial charge < -0.3 is 9.22 Å². The number of ether oxygens (including phenoxy) is 1. The highest BCUT2D eigenvalue weighted by atomic mass is 34.1. The number of thiol groups is 1.